The Kier molecular flexibility index (Phi) is 6.46. The normalized spacial score (nSPS) is 10.6. The minimum absolute atomic E-state index is 0.00932. The lowest BCUT2D eigenvalue weighted by atomic mass is 10.2. The molecule has 0 unspecified atom stereocenters. The summed E-state index contributed by atoms with van der Waals surface area (Å²) in [6.07, 6.45) is 0. The SMILES string of the molecule is Cc1ccc(Sc2ccc(NC(=O)c3cc(I)cc(I)c3O)cc2)cc1. The highest BCUT2D eigenvalue weighted by atomic mass is 127. The molecule has 26 heavy (non-hydrogen) atoms. The third-order valence-corrected chi connectivity index (χ3v) is 6.10. The summed E-state index contributed by atoms with van der Waals surface area (Å²) in [7, 11) is 0. The van der Waals surface area contributed by atoms with E-state index in [0.29, 0.717) is 9.26 Å². The maximum atomic E-state index is 12.5. The Balaban J connectivity index is 1.71. The quantitative estimate of drug-likeness (QED) is 0.352. The van der Waals surface area contributed by atoms with Crippen molar-refractivity contribution in [2.45, 2.75) is 16.7 Å². The number of benzene rings is 3. The number of halogens is 2. The van der Waals surface area contributed by atoms with Gasteiger partial charge in [-0.05, 0) is 101 Å². The fourth-order valence-electron chi connectivity index (χ4n) is 2.29. The zero-order valence-corrected chi connectivity index (χ0v) is 18.9. The average Bonchev–Trinajstić information content (AvgIpc) is 2.61. The fraction of sp³-hybridized carbons (Fsp3) is 0.0500. The van der Waals surface area contributed by atoms with Gasteiger partial charge in [-0.3, -0.25) is 4.79 Å². The number of phenols is 1. The second-order valence-electron chi connectivity index (χ2n) is 5.68. The molecule has 3 rings (SSSR count). The van der Waals surface area contributed by atoms with Gasteiger partial charge in [0.25, 0.3) is 5.91 Å². The predicted molar refractivity (Wildman–Crippen MR) is 123 cm³/mol. The summed E-state index contributed by atoms with van der Waals surface area (Å²) in [6, 6.07) is 19.5. The third-order valence-electron chi connectivity index (χ3n) is 3.64. The first-order valence-electron chi connectivity index (χ1n) is 7.76. The molecule has 0 fully saturated rings. The van der Waals surface area contributed by atoms with Crippen LogP contribution in [0.1, 0.15) is 15.9 Å². The maximum Gasteiger partial charge on any atom is 0.259 e. The van der Waals surface area contributed by atoms with Crippen molar-refractivity contribution in [2.24, 2.45) is 0 Å². The van der Waals surface area contributed by atoms with Crippen molar-refractivity contribution in [2.75, 3.05) is 5.32 Å². The van der Waals surface area contributed by atoms with Gasteiger partial charge < -0.3 is 10.4 Å². The molecule has 0 saturated heterocycles. The van der Waals surface area contributed by atoms with E-state index in [0.717, 1.165) is 8.47 Å². The number of anilines is 1. The minimum atomic E-state index is -0.321. The molecule has 1 amide bonds. The smallest absolute Gasteiger partial charge is 0.259 e. The Bertz CT molecular complexity index is 941. The third kappa shape index (κ3) is 4.92. The number of carbonyl (C=O) groups excluding carboxylic acids is 1. The largest absolute Gasteiger partial charge is 0.506 e. The van der Waals surface area contributed by atoms with Gasteiger partial charge in [0.15, 0.2) is 0 Å². The van der Waals surface area contributed by atoms with E-state index < -0.39 is 0 Å². The number of aromatic hydroxyl groups is 1. The Labute approximate surface area is 183 Å². The van der Waals surface area contributed by atoms with Crippen LogP contribution in [0.25, 0.3) is 0 Å². The van der Waals surface area contributed by atoms with Crippen molar-refractivity contribution >= 4 is 68.5 Å². The summed E-state index contributed by atoms with van der Waals surface area (Å²) < 4.78 is 1.56. The minimum Gasteiger partial charge on any atom is -0.506 e. The summed E-state index contributed by atoms with van der Waals surface area (Å²) in [6.45, 7) is 2.07. The molecule has 0 bridgehead atoms. The van der Waals surface area contributed by atoms with Gasteiger partial charge in [-0.1, -0.05) is 29.5 Å². The standard InChI is InChI=1S/C20H15I2NO2S/c1-12-2-6-15(7-3-12)26-16-8-4-14(5-9-16)23-20(25)17-10-13(21)11-18(22)19(17)24/h2-11,24H,1H3,(H,23,25). The van der Waals surface area contributed by atoms with Crippen LogP contribution in [-0.2, 0) is 0 Å². The van der Waals surface area contributed by atoms with Crippen LogP contribution in [0, 0.1) is 14.1 Å². The van der Waals surface area contributed by atoms with Gasteiger partial charge >= 0.3 is 0 Å². The molecule has 2 N–H and O–H groups in total. The van der Waals surface area contributed by atoms with E-state index >= 15 is 0 Å². The van der Waals surface area contributed by atoms with Crippen molar-refractivity contribution < 1.29 is 9.90 Å². The topological polar surface area (TPSA) is 49.3 Å². The van der Waals surface area contributed by atoms with E-state index in [1.165, 1.54) is 10.5 Å². The molecule has 0 saturated carbocycles. The van der Waals surface area contributed by atoms with Crippen LogP contribution in [-0.4, -0.2) is 11.0 Å². The highest BCUT2D eigenvalue weighted by molar-refractivity contribution is 14.1. The summed E-state index contributed by atoms with van der Waals surface area (Å²) in [5.41, 5.74) is 2.21. The molecular formula is C20H15I2NO2S. The molecule has 0 radical (unpaired) electrons. The molecule has 0 aromatic heterocycles. The predicted octanol–water partition coefficient (Wildman–Crippen LogP) is 6.31. The lowest BCUT2D eigenvalue weighted by Gasteiger charge is -2.09. The van der Waals surface area contributed by atoms with Crippen LogP contribution in [0.15, 0.2) is 70.5 Å². The Hall–Kier alpha value is -1.26. The average molecular weight is 587 g/mol. The number of hydrogen-bond donors (Lipinski definition) is 2. The van der Waals surface area contributed by atoms with Crippen molar-refractivity contribution in [3.8, 4) is 5.75 Å². The van der Waals surface area contributed by atoms with Gasteiger partial charge in [-0.2, -0.15) is 0 Å². The summed E-state index contributed by atoms with van der Waals surface area (Å²) in [5, 5.41) is 13.0. The van der Waals surface area contributed by atoms with Crippen molar-refractivity contribution in [1.82, 2.24) is 0 Å². The molecule has 0 aliphatic rings. The van der Waals surface area contributed by atoms with E-state index in [9.17, 15) is 9.90 Å². The molecule has 132 valence electrons. The molecule has 0 atom stereocenters. The van der Waals surface area contributed by atoms with E-state index in [2.05, 4.69) is 59.1 Å². The molecule has 3 aromatic carbocycles. The number of hydrogen-bond acceptors (Lipinski definition) is 3. The van der Waals surface area contributed by atoms with E-state index in [4.69, 9.17) is 0 Å². The number of phenolic OH excluding ortho intramolecular Hbond substituents is 1. The van der Waals surface area contributed by atoms with Gasteiger partial charge in [0.1, 0.15) is 5.75 Å². The summed E-state index contributed by atoms with van der Waals surface area (Å²) >= 11 is 5.82. The molecule has 3 nitrogen and oxygen atoms in total. The van der Waals surface area contributed by atoms with E-state index in [1.807, 2.05) is 52.9 Å². The molecule has 0 aliphatic carbocycles. The molecule has 6 heteroatoms. The second kappa shape index (κ2) is 8.62. The van der Waals surface area contributed by atoms with Crippen molar-refractivity contribution in [1.29, 1.82) is 0 Å². The number of carbonyl (C=O) groups is 1. The first-order valence-corrected chi connectivity index (χ1v) is 10.7. The lowest BCUT2D eigenvalue weighted by Crippen LogP contribution is -2.12. The zero-order valence-electron chi connectivity index (χ0n) is 13.8. The van der Waals surface area contributed by atoms with Crippen LogP contribution < -0.4 is 5.32 Å². The Morgan fingerprint density at radius 2 is 1.54 bits per heavy atom. The number of aryl methyl sites for hydroxylation is 1. The van der Waals surface area contributed by atoms with Gasteiger partial charge in [0.2, 0.25) is 0 Å². The van der Waals surface area contributed by atoms with E-state index in [1.54, 1.807) is 17.8 Å². The van der Waals surface area contributed by atoms with Crippen LogP contribution in [0.5, 0.6) is 5.75 Å². The highest BCUT2D eigenvalue weighted by Gasteiger charge is 2.15. The molecular weight excluding hydrogens is 572 g/mol. The van der Waals surface area contributed by atoms with Gasteiger partial charge in [-0.15, -0.1) is 0 Å². The monoisotopic (exact) mass is 587 g/mol. The Morgan fingerprint density at radius 1 is 0.962 bits per heavy atom. The molecule has 0 spiro atoms. The van der Waals surface area contributed by atoms with Crippen LogP contribution in [0.4, 0.5) is 5.69 Å². The summed E-state index contributed by atoms with van der Waals surface area (Å²) in [4.78, 5) is 14.7. The van der Waals surface area contributed by atoms with Crippen LogP contribution in [0.3, 0.4) is 0 Å². The maximum absolute atomic E-state index is 12.5. The second-order valence-corrected chi connectivity index (χ2v) is 9.23. The van der Waals surface area contributed by atoms with E-state index in [-0.39, 0.29) is 17.2 Å². The first kappa shape index (κ1) is 19.5. The number of rotatable bonds is 4. The van der Waals surface area contributed by atoms with Crippen LogP contribution >= 0.6 is 56.9 Å². The zero-order chi connectivity index (χ0) is 18.7. The molecule has 0 aliphatic heterocycles. The van der Waals surface area contributed by atoms with Crippen LogP contribution in [0.2, 0.25) is 0 Å². The first-order chi connectivity index (χ1) is 12.4. The van der Waals surface area contributed by atoms with Gasteiger partial charge in [0, 0.05) is 19.0 Å². The number of amides is 1. The van der Waals surface area contributed by atoms with Gasteiger partial charge in [-0.25, -0.2) is 0 Å². The number of nitrogens with one attached hydrogen (secondary N) is 1. The van der Waals surface area contributed by atoms with Crippen molar-refractivity contribution in [3.05, 3.63) is 78.9 Å². The lowest BCUT2D eigenvalue weighted by molar-refractivity contribution is 0.102. The van der Waals surface area contributed by atoms with Gasteiger partial charge in [0.05, 0.1) is 9.13 Å². The van der Waals surface area contributed by atoms with Crippen molar-refractivity contribution in [3.63, 3.8) is 0 Å². The highest BCUT2D eigenvalue weighted by Crippen LogP contribution is 2.30. The Morgan fingerprint density at radius 3 is 2.15 bits per heavy atom. The fourth-order valence-corrected chi connectivity index (χ4v) is 4.95. The molecule has 0 heterocycles. The molecule has 3 aromatic rings. The summed E-state index contributed by atoms with van der Waals surface area (Å²) in [5.74, 6) is -0.312.